The van der Waals surface area contributed by atoms with Gasteiger partial charge in [0.1, 0.15) is 0 Å². The maximum absolute atomic E-state index is 11.9. The van der Waals surface area contributed by atoms with Crippen LogP contribution in [0.5, 0.6) is 0 Å². The molecule has 1 aliphatic carbocycles. The van der Waals surface area contributed by atoms with Gasteiger partial charge >= 0.3 is 6.09 Å². The zero-order valence-electron chi connectivity index (χ0n) is 13.8. The fraction of sp³-hybridized carbons (Fsp3) is 0.333. The summed E-state index contributed by atoms with van der Waals surface area (Å²) in [7, 11) is 0. The van der Waals surface area contributed by atoms with Gasteiger partial charge < -0.3 is 4.98 Å². The standard InChI is InChI=1S/C18H20ClN3O2/c1-3-14-11(2)20-15-8-5-9-16(17(14)15)22-24-18(23)21-13-7-4-6-12(19)10-13/h4,6-7,10,20H,3,5,8-9H2,1-2H3,(H,21,23)/b22-16+. The lowest BCUT2D eigenvalue weighted by atomic mass is 9.92. The molecule has 1 aromatic heterocycles. The molecule has 0 unspecified atom stereocenters. The second-order valence-corrected chi connectivity index (χ2v) is 6.28. The largest absolute Gasteiger partial charge is 0.437 e. The molecule has 24 heavy (non-hydrogen) atoms. The minimum Gasteiger partial charge on any atom is -0.362 e. The van der Waals surface area contributed by atoms with Crippen LogP contribution in [0.3, 0.4) is 0 Å². The van der Waals surface area contributed by atoms with E-state index in [9.17, 15) is 4.79 Å². The van der Waals surface area contributed by atoms with E-state index < -0.39 is 6.09 Å². The van der Waals surface area contributed by atoms with Crippen molar-refractivity contribution >= 4 is 29.1 Å². The van der Waals surface area contributed by atoms with Gasteiger partial charge in [-0.25, -0.2) is 4.79 Å². The highest BCUT2D eigenvalue weighted by atomic mass is 35.5. The van der Waals surface area contributed by atoms with Gasteiger partial charge in [0.25, 0.3) is 0 Å². The number of nitrogens with one attached hydrogen (secondary N) is 2. The predicted octanol–water partition coefficient (Wildman–Crippen LogP) is 4.83. The Bertz CT molecular complexity index is 796. The number of halogens is 1. The number of hydrogen-bond acceptors (Lipinski definition) is 3. The lowest BCUT2D eigenvalue weighted by Crippen LogP contribution is -2.16. The van der Waals surface area contributed by atoms with Crippen molar-refractivity contribution in [2.45, 2.75) is 39.5 Å². The Kier molecular flexibility index (Phi) is 4.90. The normalized spacial score (nSPS) is 15.2. The van der Waals surface area contributed by atoms with Crippen molar-refractivity contribution in [3.8, 4) is 0 Å². The first-order chi connectivity index (χ1) is 11.6. The number of carbonyl (C=O) groups is 1. The van der Waals surface area contributed by atoms with Crippen molar-refractivity contribution in [3.05, 3.63) is 51.8 Å². The summed E-state index contributed by atoms with van der Waals surface area (Å²) in [5, 5.41) is 7.28. The Labute approximate surface area is 146 Å². The molecule has 2 aromatic rings. The fourth-order valence-electron chi connectivity index (χ4n) is 3.16. The van der Waals surface area contributed by atoms with Crippen molar-refractivity contribution in [1.29, 1.82) is 0 Å². The highest BCUT2D eigenvalue weighted by Gasteiger charge is 2.23. The number of anilines is 1. The van der Waals surface area contributed by atoms with Crippen LogP contribution in [0, 0.1) is 6.92 Å². The number of nitrogens with zero attached hydrogens (tertiary/aromatic N) is 1. The van der Waals surface area contributed by atoms with Gasteiger partial charge in [0, 0.05) is 27.7 Å². The summed E-state index contributed by atoms with van der Waals surface area (Å²) in [4.78, 5) is 20.4. The second-order valence-electron chi connectivity index (χ2n) is 5.84. The minimum absolute atomic E-state index is 0.548. The predicted molar refractivity (Wildman–Crippen MR) is 95.9 cm³/mol. The van der Waals surface area contributed by atoms with Crippen LogP contribution in [-0.2, 0) is 17.7 Å². The number of aryl methyl sites for hydroxylation is 2. The third-order valence-corrected chi connectivity index (χ3v) is 4.42. The Morgan fingerprint density at radius 1 is 1.42 bits per heavy atom. The van der Waals surface area contributed by atoms with E-state index >= 15 is 0 Å². The molecule has 1 amide bonds. The van der Waals surface area contributed by atoms with Crippen molar-refractivity contribution in [3.63, 3.8) is 0 Å². The molecule has 0 saturated heterocycles. The van der Waals surface area contributed by atoms with Crippen LogP contribution in [0.1, 0.15) is 42.3 Å². The van der Waals surface area contributed by atoms with Crippen molar-refractivity contribution in [1.82, 2.24) is 4.98 Å². The van der Waals surface area contributed by atoms with Gasteiger partial charge in [-0.2, -0.15) is 0 Å². The summed E-state index contributed by atoms with van der Waals surface area (Å²) >= 11 is 5.90. The topological polar surface area (TPSA) is 66.5 Å². The molecule has 6 heteroatoms. The number of aromatic nitrogens is 1. The summed E-state index contributed by atoms with van der Waals surface area (Å²) < 4.78 is 0. The summed E-state index contributed by atoms with van der Waals surface area (Å²) in [6.07, 6.45) is 3.10. The van der Waals surface area contributed by atoms with Crippen molar-refractivity contribution < 1.29 is 9.63 Å². The summed E-state index contributed by atoms with van der Waals surface area (Å²) in [6.45, 7) is 4.19. The molecule has 2 N–H and O–H groups in total. The first-order valence-corrected chi connectivity index (χ1v) is 8.47. The number of rotatable bonds is 3. The Morgan fingerprint density at radius 2 is 2.25 bits per heavy atom. The van der Waals surface area contributed by atoms with Gasteiger partial charge in [-0.1, -0.05) is 29.7 Å². The average Bonchev–Trinajstić information content (AvgIpc) is 2.88. The van der Waals surface area contributed by atoms with E-state index in [-0.39, 0.29) is 0 Å². The first kappa shape index (κ1) is 16.6. The minimum atomic E-state index is -0.623. The van der Waals surface area contributed by atoms with Crippen LogP contribution >= 0.6 is 11.6 Å². The molecular formula is C18H20ClN3O2. The maximum atomic E-state index is 11.9. The van der Waals surface area contributed by atoms with E-state index in [2.05, 4.69) is 29.3 Å². The highest BCUT2D eigenvalue weighted by Crippen LogP contribution is 2.28. The zero-order valence-corrected chi connectivity index (χ0v) is 14.5. The van der Waals surface area contributed by atoms with Gasteiger partial charge in [0.2, 0.25) is 0 Å². The maximum Gasteiger partial charge on any atom is 0.437 e. The van der Waals surface area contributed by atoms with Crippen molar-refractivity contribution in [2.24, 2.45) is 5.16 Å². The average molecular weight is 346 g/mol. The van der Waals surface area contributed by atoms with E-state index in [1.807, 2.05) is 0 Å². The summed E-state index contributed by atoms with van der Waals surface area (Å²) in [5.41, 5.74) is 6.13. The zero-order chi connectivity index (χ0) is 17.1. The van der Waals surface area contributed by atoms with Gasteiger partial charge in [-0.3, -0.25) is 10.2 Å². The molecule has 0 spiro atoms. The molecule has 5 nitrogen and oxygen atoms in total. The quantitative estimate of drug-likeness (QED) is 0.618. The number of carbonyl (C=O) groups excluding carboxylic acids is 1. The van der Waals surface area contributed by atoms with E-state index in [0.717, 1.165) is 37.0 Å². The molecule has 0 aliphatic heterocycles. The van der Waals surface area contributed by atoms with Gasteiger partial charge in [0.15, 0.2) is 0 Å². The fourth-order valence-corrected chi connectivity index (χ4v) is 3.35. The molecule has 0 radical (unpaired) electrons. The van der Waals surface area contributed by atoms with Gasteiger partial charge in [0.05, 0.1) is 5.71 Å². The van der Waals surface area contributed by atoms with Crippen LogP contribution in [0.15, 0.2) is 29.4 Å². The second kappa shape index (κ2) is 7.09. The lowest BCUT2D eigenvalue weighted by Gasteiger charge is -2.15. The van der Waals surface area contributed by atoms with Gasteiger partial charge in [-0.05, 0) is 56.4 Å². The number of hydrogen-bond donors (Lipinski definition) is 2. The van der Waals surface area contributed by atoms with Crippen molar-refractivity contribution in [2.75, 3.05) is 5.32 Å². The Morgan fingerprint density at radius 3 is 3.00 bits per heavy atom. The third-order valence-electron chi connectivity index (χ3n) is 4.19. The van der Waals surface area contributed by atoms with Gasteiger partial charge in [-0.15, -0.1) is 0 Å². The molecule has 1 aromatic carbocycles. The summed E-state index contributed by atoms with van der Waals surface area (Å²) in [6, 6.07) is 6.89. The number of oxime groups is 1. The number of aromatic amines is 1. The molecule has 1 aliphatic rings. The molecular weight excluding hydrogens is 326 g/mol. The van der Waals surface area contributed by atoms with Crippen LogP contribution in [-0.4, -0.2) is 16.8 Å². The SMILES string of the molecule is CCc1c(C)[nH]c2c1/C(=N/OC(=O)Nc1cccc(Cl)c1)CCC2. The summed E-state index contributed by atoms with van der Waals surface area (Å²) in [5.74, 6) is 0. The number of amides is 1. The molecule has 0 atom stereocenters. The van der Waals surface area contributed by atoms with E-state index in [1.165, 1.54) is 17.0 Å². The van der Waals surface area contributed by atoms with E-state index in [4.69, 9.17) is 16.4 Å². The first-order valence-electron chi connectivity index (χ1n) is 8.09. The number of H-pyrrole nitrogens is 1. The number of fused-ring (bicyclic) bond motifs is 1. The Hall–Kier alpha value is -2.27. The molecule has 3 rings (SSSR count). The van der Waals surface area contributed by atoms with Crippen LogP contribution in [0.25, 0.3) is 0 Å². The highest BCUT2D eigenvalue weighted by molar-refractivity contribution is 6.30. The smallest absolute Gasteiger partial charge is 0.362 e. The molecule has 0 fully saturated rings. The van der Waals surface area contributed by atoms with Crippen LogP contribution in [0.4, 0.5) is 10.5 Å². The lowest BCUT2D eigenvalue weighted by molar-refractivity contribution is 0.166. The Balaban J connectivity index is 1.75. The van der Waals surface area contributed by atoms with Crippen LogP contribution < -0.4 is 5.32 Å². The monoisotopic (exact) mass is 345 g/mol. The molecule has 0 bridgehead atoms. The van der Waals surface area contributed by atoms with E-state index in [1.54, 1.807) is 24.3 Å². The molecule has 1 heterocycles. The molecule has 126 valence electrons. The molecule has 0 saturated carbocycles. The van der Waals surface area contributed by atoms with E-state index in [0.29, 0.717) is 10.7 Å². The van der Waals surface area contributed by atoms with Crippen LogP contribution in [0.2, 0.25) is 5.02 Å². The number of benzene rings is 1. The third kappa shape index (κ3) is 3.46.